The molecule has 90 valence electrons. The molecule has 0 saturated heterocycles. The van der Waals surface area contributed by atoms with Gasteiger partial charge in [0.2, 0.25) is 5.91 Å². The van der Waals surface area contributed by atoms with Crippen molar-refractivity contribution in [2.75, 3.05) is 26.8 Å². The largest absolute Gasteiger partial charge is 0.372 e. The van der Waals surface area contributed by atoms with Crippen LogP contribution in [0.2, 0.25) is 0 Å². The van der Waals surface area contributed by atoms with E-state index in [9.17, 15) is 4.79 Å². The van der Waals surface area contributed by atoms with Gasteiger partial charge >= 0.3 is 0 Å². The molecule has 0 aliphatic heterocycles. The van der Waals surface area contributed by atoms with Gasteiger partial charge in [-0.2, -0.15) is 0 Å². The van der Waals surface area contributed by atoms with E-state index in [1.54, 1.807) is 11.9 Å². The Bertz CT molecular complexity index is 174. The molecule has 0 heterocycles. The lowest BCUT2D eigenvalue weighted by Crippen LogP contribution is -2.41. The smallest absolute Gasteiger partial charge is 0.248 e. The summed E-state index contributed by atoms with van der Waals surface area (Å²) in [5, 5.41) is 0. The highest BCUT2D eigenvalue weighted by molar-refractivity contribution is 5.77. The van der Waals surface area contributed by atoms with Gasteiger partial charge in [0.1, 0.15) is 6.61 Å². The molecule has 0 aromatic carbocycles. The quantitative estimate of drug-likeness (QED) is 0.616. The van der Waals surface area contributed by atoms with Gasteiger partial charge < -0.3 is 15.4 Å². The van der Waals surface area contributed by atoms with Crippen LogP contribution in [-0.4, -0.2) is 43.7 Å². The van der Waals surface area contributed by atoms with Crippen molar-refractivity contribution in [2.24, 2.45) is 5.73 Å². The summed E-state index contributed by atoms with van der Waals surface area (Å²) in [6, 6.07) is 0.0803. The van der Waals surface area contributed by atoms with E-state index in [0.29, 0.717) is 13.2 Å². The monoisotopic (exact) mass is 216 g/mol. The van der Waals surface area contributed by atoms with E-state index in [4.69, 9.17) is 10.5 Å². The predicted octanol–water partition coefficient (Wildman–Crippen LogP) is 0.999. The van der Waals surface area contributed by atoms with Gasteiger partial charge in [0, 0.05) is 26.2 Å². The van der Waals surface area contributed by atoms with E-state index >= 15 is 0 Å². The van der Waals surface area contributed by atoms with Crippen molar-refractivity contribution in [3.05, 3.63) is 0 Å². The number of nitrogens with zero attached hydrogens (tertiary/aromatic N) is 1. The van der Waals surface area contributed by atoms with E-state index in [0.717, 1.165) is 12.8 Å². The van der Waals surface area contributed by atoms with Crippen LogP contribution in [0.5, 0.6) is 0 Å². The van der Waals surface area contributed by atoms with Crippen molar-refractivity contribution in [1.29, 1.82) is 0 Å². The fourth-order valence-corrected chi connectivity index (χ4v) is 1.12. The number of likely N-dealkylation sites (N-methyl/N-ethyl adjacent to an activating group) is 1. The summed E-state index contributed by atoms with van der Waals surface area (Å²) in [6.45, 7) is 5.39. The first-order chi connectivity index (χ1) is 7.13. The van der Waals surface area contributed by atoms with Gasteiger partial charge in [0.15, 0.2) is 0 Å². The molecule has 1 unspecified atom stereocenters. The number of rotatable bonds is 8. The maximum Gasteiger partial charge on any atom is 0.248 e. The SMILES string of the molecule is CCCCCOCC(=O)N(C)C(C)CN. The third-order valence-corrected chi connectivity index (χ3v) is 2.51. The maximum atomic E-state index is 11.5. The number of carbonyl (C=O) groups is 1. The molecular formula is C11H24N2O2. The zero-order chi connectivity index (χ0) is 11.7. The maximum absolute atomic E-state index is 11.5. The van der Waals surface area contributed by atoms with Crippen LogP contribution in [0.3, 0.4) is 0 Å². The Hall–Kier alpha value is -0.610. The Morgan fingerprint density at radius 3 is 2.67 bits per heavy atom. The number of nitrogens with two attached hydrogens (primary N) is 1. The fourth-order valence-electron chi connectivity index (χ4n) is 1.12. The first kappa shape index (κ1) is 14.4. The van der Waals surface area contributed by atoms with Crippen LogP contribution < -0.4 is 5.73 Å². The van der Waals surface area contributed by atoms with Gasteiger partial charge in [-0.3, -0.25) is 4.79 Å². The summed E-state index contributed by atoms with van der Waals surface area (Å²) in [5.74, 6) is 0.00412. The van der Waals surface area contributed by atoms with Crippen LogP contribution in [-0.2, 0) is 9.53 Å². The summed E-state index contributed by atoms with van der Waals surface area (Å²) >= 11 is 0. The molecule has 0 aliphatic rings. The van der Waals surface area contributed by atoms with Crippen LogP contribution in [0.25, 0.3) is 0 Å². The molecule has 0 aliphatic carbocycles. The van der Waals surface area contributed by atoms with Crippen molar-refractivity contribution >= 4 is 5.91 Å². The molecule has 0 aromatic heterocycles. The Kier molecular flexibility index (Phi) is 8.33. The number of ether oxygens (including phenoxy) is 1. The highest BCUT2D eigenvalue weighted by Crippen LogP contribution is 1.97. The number of amides is 1. The zero-order valence-electron chi connectivity index (χ0n) is 10.2. The lowest BCUT2D eigenvalue weighted by atomic mass is 10.3. The number of unbranched alkanes of at least 4 members (excludes halogenated alkanes) is 2. The number of carbonyl (C=O) groups excluding carboxylic acids is 1. The normalized spacial score (nSPS) is 12.5. The summed E-state index contributed by atoms with van der Waals surface area (Å²) in [6.07, 6.45) is 3.35. The van der Waals surface area contributed by atoms with Crippen LogP contribution in [0, 0.1) is 0 Å². The molecule has 0 spiro atoms. The summed E-state index contributed by atoms with van der Waals surface area (Å²) in [7, 11) is 1.76. The summed E-state index contributed by atoms with van der Waals surface area (Å²) in [5.41, 5.74) is 5.47. The van der Waals surface area contributed by atoms with Crippen molar-refractivity contribution in [3.8, 4) is 0 Å². The van der Waals surface area contributed by atoms with Crippen molar-refractivity contribution in [1.82, 2.24) is 4.90 Å². The van der Waals surface area contributed by atoms with Gasteiger partial charge in [-0.15, -0.1) is 0 Å². The molecule has 15 heavy (non-hydrogen) atoms. The summed E-state index contributed by atoms with van der Waals surface area (Å²) < 4.78 is 5.28. The third kappa shape index (κ3) is 6.47. The molecule has 4 nitrogen and oxygen atoms in total. The number of hydrogen-bond acceptors (Lipinski definition) is 3. The van der Waals surface area contributed by atoms with E-state index in [2.05, 4.69) is 6.92 Å². The molecule has 4 heteroatoms. The Morgan fingerprint density at radius 2 is 2.13 bits per heavy atom. The topological polar surface area (TPSA) is 55.6 Å². The Balaban J connectivity index is 3.56. The van der Waals surface area contributed by atoms with Gasteiger partial charge in [0.25, 0.3) is 0 Å². The molecule has 2 N–H and O–H groups in total. The molecule has 1 amide bonds. The molecule has 0 saturated carbocycles. The molecular weight excluding hydrogens is 192 g/mol. The fraction of sp³-hybridized carbons (Fsp3) is 0.909. The first-order valence-corrected chi connectivity index (χ1v) is 5.67. The standard InChI is InChI=1S/C11H24N2O2/c1-4-5-6-7-15-9-11(14)13(3)10(2)8-12/h10H,4-9,12H2,1-3H3. The van der Waals surface area contributed by atoms with Crippen LogP contribution in [0.4, 0.5) is 0 Å². The predicted molar refractivity (Wildman–Crippen MR) is 61.6 cm³/mol. The lowest BCUT2D eigenvalue weighted by Gasteiger charge is -2.23. The average molecular weight is 216 g/mol. The molecule has 1 atom stereocenters. The number of hydrogen-bond donors (Lipinski definition) is 1. The van der Waals surface area contributed by atoms with E-state index < -0.39 is 0 Å². The van der Waals surface area contributed by atoms with Gasteiger partial charge in [-0.25, -0.2) is 0 Å². The molecule has 0 rings (SSSR count). The first-order valence-electron chi connectivity index (χ1n) is 5.67. The van der Waals surface area contributed by atoms with E-state index in [-0.39, 0.29) is 18.6 Å². The minimum Gasteiger partial charge on any atom is -0.372 e. The Labute approximate surface area is 92.8 Å². The van der Waals surface area contributed by atoms with Crippen molar-refractivity contribution in [2.45, 2.75) is 39.2 Å². The third-order valence-electron chi connectivity index (χ3n) is 2.51. The summed E-state index contributed by atoms with van der Waals surface area (Å²) in [4.78, 5) is 13.2. The lowest BCUT2D eigenvalue weighted by molar-refractivity contribution is -0.136. The second-order valence-corrected chi connectivity index (χ2v) is 3.85. The van der Waals surface area contributed by atoms with Crippen molar-refractivity contribution in [3.63, 3.8) is 0 Å². The Morgan fingerprint density at radius 1 is 1.47 bits per heavy atom. The van der Waals surface area contributed by atoms with Crippen molar-refractivity contribution < 1.29 is 9.53 Å². The van der Waals surface area contributed by atoms with Gasteiger partial charge in [-0.1, -0.05) is 19.8 Å². The highest BCUT2D eigenvalue weighted by Gasteiger charge is 2.13. The highest BCUT2D eigenvalue weighted by atomic mass is 16.5. The van der Waals surface area contributed by atoms with Crippen LogP contribution in [0.1, 0.15) is 33.1 Å². The minimum absolute atomic E-state index is 0.00412. The van der Waals surface area contributed by atoms with E-state index in [1.165, 1.54) is 6.42 Å². The molecule has 0 aromatic rings. The van der Waals surface area contributed by atoms with Crippen LogP contribution >= 0.6 is 0 Å². The average Bonchev–Trinajstić information content (AvgIpc) is 2.26. The van der Waals surface area contributed by atoms with Crippen LogP contribution in [0.15, 0.2) is 0 Å². The molecule has 0 radical (unpaired) electrons. The minimum atomic E-state index is 0.00412. The molecule has 0 bridgehead atoms. The second kappa shape index (κ2) is 8.68. The molecule has 0 fully saturated rings. The van der Waals surface area contributed by atoms with Gasteiger partial charge in [-0.05, 0) is 13.3 Å². The van der Waals surface area contributed by atoms with Gasteiger partial charge in [0.05, 0.1) is 0 Å². The zero-order valence-corrected chi connectivity index (χ0v) is 10.2. The van der Waals surface area contributed by atoms with E-state index in [1.807, 2.05) is 6.92 Å². The second-order valence-electron chi connectivity index (χ2n) is 3.85.